The van der Waals surface area contributed by atoms with Gasteiger partial charge < -0.3 is 14.4 Å². The molecule has 162 valence electrons. The molecule has 2 atom stereocenters. The standard InChI is InChI=1S/C21H22ClN5O4/c1-11(9-28)27-14-8-12(22)4-5-13(14)26-10-23-16(17(26)20(27)29)18-24-19(31-25-18)15-6-7-21(2,3)30-15/h4-5,8,10-11,15,28H,6-7,9H2,1-3H3. The highest BCUT2D eigenvalue weighted by atomic mass is 35.5. The van der Waals surface area contributed by atoms with E-state index in [1.54, 1.807) is 29.8 Å². The van der Waals surface area contributed by atoms with Gasteiger partial charge in [0.25, 0.3) is 11.4 Å². The molecular weight excluding hydrogens is 422 g/mol. The Kier molecular flexibility index (Phi) is 4.65. The van der Waals surface area contributed by atoms with Crippen molar-refractivity contribution in [2.45, 2.75) is 51.4 Å². The fourth-order valence-electron chi connectivity index (χ4n) is 4.15. The minimum absolute atomic E-state index is 0.206. The van der Waals surface area contributed by atoms with Gasteiger partial charge in [0.2, 0.25) is 5.82 Å². The molecule has 9 nitrogen and oxygen atoms in total. The second-order valence-electron chi connectivity index (χ2n) is 8.51. The summed E-state index contributed by atoms with van der Waals surface area (Å²) in [5, 5.41) is 14.3. The van der Waals surface area contributed by atoms with E-state index in [0.29, 0.717) is 27.6 Å². The topological polar surface area (TPSA) is 108 Å². The third kappa shape index (κ3) is 3.24. The quantitative estimate of drug-likeness (QED) is 0.514. The van der Waals surface area contributed by atoms with E-state index < -0.39 is 6.04 Å². The van der Waals surface area contributed by atoms with Gasteiger partial charge in [0.1, 0.15) is 23.6 Å². The van der Waals surface area contributed by atoms with Crippen molar-refractivity contribution in [1.29, 1.82) is 0 Å². The van der Waals surface area contributed by atoms with Gasteiger partial charge in [0, 0.05) is 5.02 Å². The van der Waals surface area contributed by atoms with Gasteiger partial charge in [-0.25, -0.2) is 4.98 Å². The fourth-order valence-corrected chi connectivity index (χ4v) is 4.32. The van der Waals surface area contributed by atoms with E-state index in [0.717, 1.165) is 18.4 Å². The lowest BCUT2D eigenvalue weighted by molar-refractivity contribution is -0.0292. The van der Waals surface area contributed by atoms with Gasteiger partial charge in [0.15, 0.2) is 0 Å². The van der Waals surface area contributed by atoms with Crippen LogP contribution >= 0.6 is 11.6 Å². The smallest absolute Gasteiger partial charge is 0.278 e. The monoisotopic (exact) mass is 443 g/mol. The zero-order valence-corrected chi connectivity index (χ0v) is 18.1. The number of imidazole rings is 1. The summed E-state index contributed by atoms with van der Waals surface area (Å²) in [7, 11) is 0. The molecule has 1 aliphatic heterocycles. The molecule has 1 aromatic carbocycles. The number of halogens is 1. The average molecular weight is 444 g/mol. The van der Waals surface area contributed by atoms with E-state index in [-0.39, 0.29) is 29.7 Å². The van der Waals surface area contributed by atoms with Crippen LogP contribution in [-0.4, -0.2) is 41.4 Å². The number of nitrogens with zero attached hydrogens (tertiary/aromatic N) is 5. The van der Waals surface area contributed by atoms with E-state index in [4.69, 9.17) is 20.9 Å². The molecule has 1 fully saturated rings. The van der Waals surface area contributed by atoms with Crippen molar-refractivity contribution in [3.63, 3.8) is 0 Å². The number of hydrogen-bond acceptors (Lipinski definition) is 7. The van der Waals surface area contributed by atoms with E-state index >= 15 is 0 Å². The first kappa shape index (κ1) is 20.2. The van der Waals surface area contributed by atoms with Gasteiger partial charge in [-0.3, -0.25) is 13.8 Å². The van der Waals surface area contributed by atoms with E-state index in [2.05, 4.69) is 15.1 Å². The molecule has 0 amide bonds. The summed E-state index contributed by atoms with van der Waals surface area (Å²) < 4.78 is 14.6. The number of benzene rings is 1. The van der Waals surface area contributed by atoms with Crippen molar-refractivity contribution in [2.75, 3.05) is 6.61 Å². The van der Waals surface area contributed by atoms with Crippen LogP contribution in [0.15, 0.2) is 33.8 Å². The predicted octanol–water partition coefficient (Wildman–Crippen LogP) is 3.54. The van der Waals surface area contributed by atoms with Crippen molar-refractivity contribution in [2.24, 2.45) is 0 Å². The summed E-state index contributed by atoms with van der Waals surface area (Å²) in [6, 6.07) is 4.80. The van der Waals surface area contributed by atoms with Gasteiger partial charge in [-0.05, 0) is 51.8 Å². The zero-order valence-electron chi connectivity index (χ0n) is 17.4. The van der Waals surface area contributed by atoms with Crippen LogP contribution in [0.4, 0.5) is 0 Å². The van der Waals surface area contributed by atoms with Gasteiger partial charge in [-0.15, -0.1) is 0 Å². The molecule has 0 radical (unpaired) electrons. The number of aromatic nitrogens is 5. The molecule has 4 heterocycles. The summed E-state index contributed by atoms with van der Waals surface area (Å²) in [5.41, 5.74) is 1.37. The van der Waals surface area contributed by atoms with E-state index in [9.17, 15) is 9.90 Å². The Morgan fingerprint density at radius 2 is 2.16 bits per heavy atom. The highest BCUT2D eigenvalue weighted by Gasteiger charge is 2.36. The van der Waals surface area contributed by atoms with Gasteiger partial charge >= 0.3 is 0 Å². The maximum Gasteiger partial charge on any atom is 0.278 e. The number of aliphatic hydroxyl groups excluding tert-OH is 1. The Morgan fingerprint density at radius 3 is 2.87 bits per heavy atom. The predicted molar refractivity (Wildman–Crippen MR) is 114 cm³/mol. The number of hydrogen-bond donors (Lipinski definition) is 1. The van der Waals surface area contributed by atoms with E-state index in [1.165, 1.54) is 4.57 Å². The van der Waals surface area contributed by atoms with Crippen LogP contribution in [0.5, 0.6) is 0 Å². The molecule has 1 N–H and O–H groups in total. The molecule has 0 aliphatic carbocycles. The second kappa shape index (κ2) is 7.15. The van der Waals surface area contributed by atoms with Crippen LogP contribution in [0, 0.1) is 0 Å². The highest BCUT2D eigenvalue weighted by Crippen LogP contribution is 2.38. The molecule has 31 heavy (non-hydrogen) atoms. The molecule has 1 aliphatic rings. The fraction of sp³-hybridized carbons (Fsp3) is 0.429. The van der Waals surface area contributed by atoms with Crippen molar-refractivity contribution in [3.8, 4) is 11.5 Å². The first-order chi connectivity index (χ1) is 14.8. The second-order valence-corrected chi connectivity index (χ2v) is 8.95. The molecule has 4 aromatic rings. The molecule has 2 unspecified atom stereocenters. The summed E-state index contributed by atoms with van der Waals surface area (Å²) in [5.74, 6) is 0.595. The maximum absolute atomic E-state index is 13.5. The molecular formula is C21H22ClN5O4. The number of aliphatic hydroxyl groups is 1. The molecule has 0 saturated carbocycles. The summed E-state index contributed by atoms with van der Waals surface area (Å²) in [4.78, 5) is 22.4. The number of rotatable bonds is 4. The Bertz CT molecular complexity index is 1360. The summed E-state index contributed by atoms with van der Waals surface area (Å²) in [6.07, 6.45) is 2.95. The maximum atomic E-state index is 13.5. The molecule has 0 spiro atoms. The lowest BCUT2D eigenvalue weighted by atomic mass is 10.1. The SMILES string of the molecule is CC(CO)n1c(=O)c2c(-c3noc(C4CCC(C)(C)O4)n3)ncn2c2ccc(Cl)cc21. The zero-order chi connectivity index (χ0) is 21.9. The molecule has 3 aromatic heterocycles. The van der Waals surface area contributed by atoms with Crippen LogP contribution in [0.3, 0.4) is 0 Å². The lowest BCUT2D eigenvalue weighted by Crippen LogP contribution is -2.27. The molecule has 5 rings (SSSR count). The van der Waals surface area contributed by atoms with Crippen molar-refractivity contribution in [3.05, 3.63) is 45.8 Å². The highest BCUT2D eigenvalue weighted by molar-refractivity contribution is 6.31. The minimum Gasteiger partial charge on any atom is -0.394 e. The largest absolute Gasteiger partial charge is 0.394 e. The molecule has 1 saturated heterocycles. The van der Waals surface area contributed by atoms with Gasteiger partial charge in [-0.2, -0.15) is 4.98 Å². The van der Waals surface area contributed by atoms with Crippen LogP contribution < -0.4 is 5.56 Å². The molecule has 0 bridgehead atoms. The first-order valence-corrected chi connectivity index (χ1v) is 10.5. The van der Waals surface area contributed by atoms with Crippen LogP contribution in [0.25, 0.3) is 28.1 Å². The van der Waals surface area contributed by atoms with E-state index in [1.807, 2.05) is 19.9 Å². The van der Waals surface area contributed by atoms with Gasteiger partial charge in [0.05, 0.1) is 29.3 Å². The normalized spacial score (nSPS) is 19.5. The van der Waals surface area contributed by atoms with Crippen LogP contribution in [0.2, 0.25) is 5.02 Å². The number of fused-ring (bicyclic) bond motifs is 3. The van der Waals surface area contributed by atoms with Crippen LogP contribution in [-0.2, 0) is 4.74 Å². The number of ether oxygens (including phenoxy) is 1. The third-order valence-corrected chi connectivity index (χ3v) is 5.98. The molecule has 10 heteroatoms. The Labute approximate surface area is 182 Å². The first-order valence-electron chi connectivity index (χ1n) is 10.1. The summed E-state index contributed by atoms with van der Waals surface area (Å²) >= 11 is 6.18. The summed E-state index contributed by atoms with van der Waals surface area (Å²) in [6.45, 7) is 5.60. The Morgan fingerprint density at radius 1 is 1.35 bits per heavy atom. The lowest BCUT2D eigenvalue weighted by Gasteiger charge is -2.17. The van der Waals surface area contributed by atoms with Crippen LogP contribution in [0.1, 0.15) is 51.6 Å². The van der Waals surface area contributed by atoms with Crippen molar-refractivity contribution in [1.82, 2.24) is 24.1 Å². The third-order valence-electron chi connectivity index (χ3n) is 5.75. The van der Waals surface area contributed by atoms with Crippen molar-refractivity contribution < 1.29 is 14.4 Å². The van der Waals surface area contributed by atoms with Gasteiger partial charge in [-0.1, -0.05) is 16.8 Å². The average Bonchev–Trinajstić information content (AvgIpc) is 3.45. The van der Waals surface area contributed by atoms with Crippen molar-refractivity contribution >= 4 is 28.2 Å². The Hall–Kier alpha value is -2.75. The Balaban J connectivity index is 1.70. The minimum atomic E-state index is -0.462.